The van der Waals surface area contributed by atoms with Crippen molar-refractivity contribution in [3.8, 4) is 0 Å². The molecule has 0 aromatic rings. The Morgan fingerprint density at radius 2 is 1.24 bits per heavy atom. The fourth-order valence-electron chi connectivity index (χ4n) is 15.8. The highest BCUT2D eigenvalue weighted by atomic mass is 16.8. The summed E-state index contributed by atoms with van der Waals surface area (Å²) in [7, 11) is 0. The lowest BCUT2D eigenvalue weighted by atomic mass is 9.41. The maximum absolute atomic E-state index is 12.7. The van der Waals surface area contributed by atoms with Crippen LogP contribution in [0.3, 0.4) is 0 Å². The van der Waals surface area contributed by atoms with Gasteiger partial charge in [-0.1, -0.05) is 48.5 Å². The summed E-state index contributed by atoms with van der Waals surface area (Å²) < 4.78 is 36.3. The predicted octanol–water partition coefficient (Wildman–Crippen LogP) is -0.130. The molecular formula is C48H80O18. The van der Waals surface area contributed by atoms with Gasteiger partial charge >= 0.3 is 0 Å². The minimum atomic E-state index is -1.84. The Balaban J connectivity index is 0.996. The zero-order chi connectivity index (χ0) is 48.4. The van der Waals surface area contributed by atoms with Crippen LogP contribution in [0.5, 0.6) is 0 Å². The first-order chi connectivity index (χ1) is 30.9. The van der Waals surface area contributed by atoms with Gasteiger partial charge in [-0.25, -0.2) is 0 Å². The fourth-order valence-corrected chi connectivity index (χ4v) is 15.8. The molecule has 66 heavy (non-hydrogen) atoms. The third-order valence-corrected chi connectivity index (χ3v) is 19.5. The van der Waals surface area contributed by atoms with Gasteiger partial charge in [-0.15, -0.1) is 0 Å². The second kappa shape index (κ2) is 18.2. The Kier molecular flexibility index (Phi) is 14.2. The van der Waals surface area contributed by atoms with E-state index < -0.39 is 129 Å². The van der Waals surface area contributed by atoms with E-state index in [4.69, 9.17) is 28.4 Å². The number of carbonyl (C=O) groups excluding carboxylic acids is 1. The van der Waals surface area contributed by atoms with Gasteiger partial charge in [0.2, 0.25) is 0 Å². The number of fused-ring (bicyclic) bond motifs is 2. The molecule has 26 atom stereocenters. The van der Waals surface area contributed by atoms with Crippen molar-refractivity contribution in [1.82, 2.24) is 0 Å². The number of Topliss-reactive ketones (excluding diaryl/α,β-unsaturated/α-hetero) is 1. The number of carbonyl (C=O) groups is 1. The van der Waals surface area contributed by atoms with Crippen molar-refractivity contribution in [2.75, 3.05) is 13.2 Å². The molecule has 8 rings (SSSR count). The Labute approximate surface area is 387 Å². The van der Waals surface area contributed by atoms with Gasteiger partial charge in [0.25, 0.3) is 0 Å². The topological polar surface area (TPSA) is 295 Å². The molecule has 11 N–H and O–H groups in total. The molecule has 3 heterocycles. The van der Waals surface area contributed by atoms with E-state index in [0.29, 0.717) is 32.1 Å². The predicted molar refractivity (Wildman–Crippen MR) is 230 cm³/mol. The minimum Gasteiger partial charge on any atom is -0.394 e. The lowest BCUT2D eigenvalue weighted by Crippen LogP contribution is -2.66. The third-order valence-electron chi connectivity index (χ3n) is 19.5. The molecule has 26 unspecified atom stereocenters. The molecule has 0 amide bonds. The first kappa shape index (κ1) is 51.3. The average Bonchev–Trinajstić information content (AvgIpc) is 3.90. The second-order valence-corrected chi connectivity index (χ2v) is 23.3. The highest BCUT2D eigenvalue weighted by molar-refractivity contribution is 5.80. The smallest absolute Gasteiger partial charge is 0.187 e. The van der Waals surface area contributed by atoms with Crippen LogP contribution >= 0.6 is 0 Å². The number of ketones is 1. The van der Waals surface area contributed by atoms with Gasteiger partial charge in [0, 0.05) is 17.8 Å². The van der Waals surface area contributed by atoms with Crippen LogP contribution in [0, 0.1) is 56.7 Å². The summed E-state index contributed by atoms with van der Waals surface area (Å²) in [5.41, 5.74) is -1.59. The van der Waals surface area contributed by atoms with Crippen LogP contribution in [0.2, 0.25) is 0 Å². The van der Waals surface area contributed by atoms with Crippen molar-refractivity contribution < 1.29 is 89.4 Å². The molecule has 0 bridgehead atoms. The van der Waals surface area contributed by atoms with Gasteiger partial charge in [-0.05, 0) is 104 Å². The molecular weight excluding hydrogens is 865 g/mol. The molecule has 3 saturated heterocycles. The van der Waals surface area contributed by atoms with E-state index in [9.17, 15) is 61.0 Å². The number of hydrogen-bond donors (Lipinski definition) is 11. The molecule has 8 fully saturated rings. The van der Waals surface area contributed by atoms with E-state index in [-0.39, 0.29) is 57.0 Å². The van der Waals surface area contributed by atoms with E-state index in [1.165, 1.54) is 6.92 Å². The Bertz CT molecular complexity index is 1730. The van der Waals surface area contributed by atoms with E-state index in [1.807, 2.05) is 13.8 Å². The summed E-state index contributed by atoms with van der Waals surface area (Å²) in [5.74, 6) is 0.566. The highest BCUT2D eigenvalue weighted by Crippen LogP contribution is 2.89. The summed E-state index contributed by atoms with van der Waals surface area (Å²) >= 11 is 0. The van der Waals surface area contributed by atoms with E-state index in [1.54, 1.807) is 0 Å². The van der Waals surface area contributed by atoms with Crippen molar-refractivity contribution in [2.45, 2.75) is 224 Å². The largest absolute Gasteiger partial charge is 0.394 e. The maximum Gasteiger partial charge on any atom is 0.187 e. The molecule has 8 aliphatic rings. The van der Waals surface area contributed by atoms with Crippen LogP contribution in [0.4, 0.5) is 0 Å². The maximum atomic E-state index is 12.7. The van der Waals surface area contributed by atoms with Gasteiger partial charge in [-0.3, -0.25) is 4.79 Å². The van der Waals surface area contributed by atoms with Crippen molar-refractivity contribution in [3.63, 3.8) is 0 Å². The summed E-state index contributed by atoms with van der Waals surface area (Å²) in [6, 6.07) is 0. The summed E-state index contributed by atoms with van der Waals surface area (Å²) in [5, 5.41) is 121. The van der Waals surface area contributed by atoms with E-state index >= 15 is 0 Å². The SMILES string of the molecule is CC(C)C(=O)CCC(C)C1C(O)CC2(C)C3CCC4C(C)(C)C(OC5OC(CO)C(O)C(O)C5OC5OC(C)C(O)C(OC6OC(CO)C(O)C(O)C6O)C5O)CCC45CC35C(O)CC12C. The summed E-state index contributed by atoms with van der Waals surface area (Å²) in [4.78, 5) is 12.7. The number of hydrogen-bond acceptors (Lipinski definition) is 18. The Hall–Kier alpha value is -1.01. The number of ether oxygens (including phenoxy) is 6. The Morgan fingerprint density at radius 3 is 1.88 bits per heavy atom. The van der Waals surface area contributed by atoms with Crippen molar-refractivity contribution in [3.05, 3.63) is 0 Å². The number of aliphatic hydroxyl groups is 11. The molecule has 18 nitrogen and oxygen atoms in total. The van der Waals surface area contributed by atoms with Gasteiger partial charge in [-0.2, -0.15) is 0 Å². The fraction of sp³-hybridized carbons (Fsp3) is 0.979. The molecule has 18 heteroatoms. The lowest BCUT2D eigenvalue weighted by Gasteiger charge is -2.64. The van der Waals surface area contributed by atoms with Crippen LogP contribution in [-0.2, 0) is 33.2 Å². The summed E-state index contributed by atoms with van der Waals surface area (Å²) in [6.45, 7) is 15.0. The summed E-state index contributed by atoms with van der Waals surface area (Å²) in [6.07, 6.45) is -18.9. The molecule has 0 aromatic carbocycles. The average molecular weight is 945 g/mol. The van der Waals surface area contributed by atoms with Gasteiger partial charge < -0.3 is 84.6 Å². The van der Waals surface area contributed by atoms with Crippen molar-refractivity contribution in [1.29, 1.82) is 0 Å². The first-order valence-corrected chi connectivity index (χ1v) is 24.7. The molecule has 5 saturated carbocycles. The molecule has 2 spiro atoms. The molecule has 0 aromatic heterocycles. The molecule has 5 aliphatic carbocycles. The lowest BCUT2D eigenvalue weighted by molar-refractivity contribution is -0.388. The molecule has 3 aliphatic heterocycles. The third kappa shape index (κ3) is 7.73. The zero-order valence-electron chi connectivity index (χ0n) is 39.8. The van der Waals surface area contributed by atoms with Gasteiger partial charge in [0.1, 0.15) is 72.9 Å². The number of aliphatic hydroxyl groups excluding tert-OH is 11. The van der Waals surface area contributed by atoms with Crippen molar-refractivity contribution in [2.24, 2.45) is 56.7 Å². The van der Waals surface area contributed by atoms with Crippen LogP contribution in [0.25, 0.3) is 0 Å². The van der Waals surface area contributed by atoms with Crippen LogP contribution in [-0.4, -0.2) is 186 Å². The Morgan fingerprint density at radius 1 is 0.652 bits per heavy atom. The normalized spacial score (nSPS) is 54.8. The van der Waals surface area contributed by atoms with Crippen LogP contribution < -0.4 is 0 Å². The molecule has 0 radical (unpaired) electrons. The van der Waals surface area contributed by atoms with Crippen molar-refractivity contribution >= 4 is 5.78 Å². The monoisotopic (exact) mass is 945 g/mol. The van der Waals surface area contributed by atoms with Crippen LogP contribution in [0.15, 0.2) is 0 Å². The van der Waals surface area contributed by atoms with Gasteiger partial charge in [0.15, 0.2) is 18.9 Å². The highest BCUT2D eigenvalue weighted by Gasteiger charge is 2.85. The van der Waals surface area contributed by atoms with Crippen LogP contribution in [0.1, 0.15) is 113 Å². The quantitative estimate of drug-likeness (QED) is 0.107. The minimum absolute atomic E-state index is 0.0346. The van der Waals surface area contributed by atoms with Gasteiger partial charge in [0.05, 0.1) is 37.6 Å². The standard InChI is InChI=1S/C48H80O18/c1-20(2)23(51)10-9-21(3)31-24(52)15-45(7)28-12-11-27-44(5,6)30(13-14-47(27)19-48(28,47)29(53)16-46(31,45)8)64-43-40(36(58)34(56)26(18-50)63-43)66-42-38(60)39(32(54)22(4)61-42)65-41-37(59)35(57)33(55)25(17-49)62-41/h20-22,24-43,49-50,52-60H,9-19H2,1-8H3. The molecule has 380 valence electrons. The zero-order valence-corrected chi connectivity index (χ0v) is 39.8. The van der Waals surface area contributed by atoms with E-state index in [0.717, 1.165) is 25.7 Å². The number of rotatable bonds is 13. The van der Waals surface area contributed by atoms with E-state index in [2.05, 4.69) is 34.6 Å². The first-order valence-electron chi connectivity index (χ1n) is 24.7. The second-order valence-electron chi connectivity index (χ2n) is 23.3.